The maximum absolute atomic E-state index is 13.0. The summed E-state index contributed by atoms with van der Waals surface area (Å²) in [6, 6.07) is 0. The Morgan fingerprint density at radius 1 is 1.09 bits per heavy atom. The van der Waals surface area contributed by atoms with E-state index in [9.17, 15) is 18.3 Å². The quantitative estimate of drug-likeness (QED) is 0.480. The third kappa shape index (κ3) is 5.29. The summed E-state index contributed by atoms with van der Waals surface area (Å²) in [6.07, 6.45) is 9.57. The molecule has 186 valence electrons. The number of likely N-dealkylation sites (tertiary alicyclic amines) is 1. The molecule has 1 aliphatic heterocycles. The van der Waals surface area contributed by atoms with E-state index < -0.39 is 18.2 Å². The predicted molar refractivity (Wildman–Crippen MR) is 128 cm³/mol. The lowest BCUT2D eigenvalue weighted by molar-refractivity contribution is -0.185. The van der Waals surface area contributed by atoms with Crippen LogP contribution in [0.5, 0.6) is 0 Å². The van der Waals surface area contributed by atoms with Crippen LogP contribution in [0.2, 0.25) is 0 Å². The van der Waals surface area contributed by atoms with Crippen LogP contribution in [0.15, 0.2) is 35.5 Å². The summed E-state index contributed by atoms with van der Waals surface area (Å²) >= 11 is 0. The number of halogens is 3. The number of alkyl halides is 3. The Hall–Kier alpha value is -1.07. The molecule has 4 rings (SSSR count). The molecular weight excluding hydrogens is 423 g/mol. The first-order valence-corrected chi connectivity index (χ1v) is 13.2. The fourth-order valence-electron chi connectivity index (χ4n) is 7.62. The Kier molecular flexibility index (Phi) is 7.50. The Balaban J connectivity index is 1.40. The third-order valence-electron chi connectivity index (χ3n) is 9.56. The van der Waals surface area contributed by atoms with Gasteiger partial charge in [0.15, 0.2) is 0 Å². The second-order valence-corrected chi connectivity index (χ2v) is 11.6. The number of hydrogen-bond acceptors (Lipinski definition) is 2. The molecular formula is C28H42F3NO. The van der Waals surface area contributed by atoms with E-state index in [0.29, 0.717) is 30.8 Å². The first-order chi connectivity index (χ1) is 15.6. The van der Waals surface area contributed by atoms with E-state index in [0.717, 1.165) is 37.8 Å². The van der Waals surface area contributed by atoms with Crippen LogP contribution in [0.1, 0.15) is 78.1 Å². The summed E-state index contributed by atoms with van der Waals surface area (Å²) in [5.74, 6) is 0.631. The van der Waals surface area contributed by atoms with Crippen LogP contribution in [0, 0.1) is 29.1 Å². The van der Waals surface area contributed by atoms with E-state index in [4.69, 9.17) is 0 Å². The molecule has 0 aromatic rings. The van der Waals surface area contributed by atoms with Crippen molar-refractivity contribution in [1.29, 1.82) is 0 Å². The molecule has 1 N–H and O–H groups in total. The van der Waals surface area contributed by atoms with Gasteiger partial charge in [0.1, 0.15) is 0 Å². The van der Waals surface area contributed by atoms with Gasteiger partial charge in [0.25, 0.3) is 0 Å². The Labute approximate surface area is 198 Å². The molecule has 1 heterocycles. The maximum Gasteiger partial charge on any atom is 0.391 e. The third-order valence-corrected chi connectivity index (χ3v) is 9.56. The van der Waals surface area contributed by atoms with Gasteiger partial charge in [0.2, 0.25) is 0 Å². The van der Waals surface area contributed by atoms with Crippen LogP contribution in [0.25, 0.3) is 0 Å². The minimum Gasteiger partial charge on any atom is -0.388 e. The summed E-state index contributed by atoms with van der Waals surface area (Å²) in [7, 11) is 0. The molecule has 0 aromatic heterocycles. The van der Waals surface area contributed by atoms with Crippen molar-refractivity contribution in [1.82, 2.24) is 4.90 Å². The molecule has 5 heteroatoms. The van der Waals surface area contributed by atoms with Crippen LogP contribution in [-0.2, 0) is 0 Å². The highest BCUT2D eigenvalue weighted by Gasteiger charge is 2.51. The van der Waals surface area contributed by atoms with E-state index in [1.54, 1.807) is 5.57 Å². The van der Waals surface area contributed by atoms with Crippen molar-refractivity contribution in [2.75, 3.05) is 19.6 Å². The first-order valence-electron chi connectivity index (χ1n) is 13.2. The normalized spacial score (nSPS) is 38.1. The van der Waals surface area contributed by atoms with Gasteiger partial charge in [-0.15, -0.1) is 0 Å². The average molecular weight is 466 g/mol. The van der Waals surface area contributed by atoms with E-state index in [2.05, 4.69) is 37.5 Å². The molecule has 2 nitrogen and oxygen atoms in total. The number of hydrogen-bond donors (Lipinski definition) is 1. The number of nitrogens with zero attached hydrogens (tertiary/aromatic N) is 1. The van der Waals surface area contributed by atoms with Gasteiger partial charge in [0.05, 0.1) is 12.0 Å². The highest BCUT2D eigenvalue weighted by molar-refractivity contribution is 5.37. The number of rotatable bonds is 4. The van der Waals surface area contributed by atoms with Crippen molar-refractivity contribution in [3.8, 4) is 0 Å². The van der Waals surface area contributed by atoms with Crippen molar-refractivity contribution in [3.05, 3.63) is 35.5 Å². The smallest absolute Gasteiger partial charge is 0.388 e. The number of aliphatic hydroxyl groups excluding tert-OH is 1. The largest absolute Gasteiger partial charge is 0.391 e. The highest BCUT2D eigenvalue weighted by Crippen LogP contribution is 2.59. The van der Waals surface area contributed by atoms with Gasteiger partial charge in [-0.3, -0.25) is 0 Å². The standard InChI is InChI=1S/C28H42F3NO/c1-19(18-32-16-13-23(14-17-32)28(29,30)31)24-11-12-25-22(7-5-15-27(24,25)3)10-9-21-6-4-8-26(33)20(21)2/h9-10,19,23-26,33H,2,4-8,11-18H2,1,3H3/b21-9-,22-10+. The number of allylic oxidation sites excluding steroid dienone is 3. The van der Waals surface area contributed by atoms with E-state index >= 15 is 0 Å². The molecule has 4 aliphatic rings. The fourth-order valence-corrected chi connectivity index (χ4v) is 7.62. The first kappa shape index (κ1) is 25.0. The molecule has 0 aromatic carbocycles. The molecule has 3 saturated carbocycles. The van der Waals surface area contributed by atoms with Crippen molar-refractivity contribution >= 4 is 0 Å². The molecule has 3 aliphatic carbocycles. The second kappa shape index (κ2) is 9.89. The zero-order valence-electron chi connectivity index (χ0n) is 20.5. The topological polar surface area (TPSA) is 23.5 Å². The van der Waals surface area contributed by atoms with Gasteiger partial charge in [-0.2, -0.15) is 13.2 Å². The number of fused-ring (bicyclic) bond motifs is 1. The van der Waals surface area contributed by atoms with Crippen molar-refractivity contribution in [2.45, 2.75) is 90.3 Å². The number of piperidine rings is 1. The summed E-state index contributed by atoms with van der Waals surface area (Å²) < 4.78 is 39.1. The van der Waals surface area contributed by atoms with Crippen LogP contribution in [0.4, 0.5) is 13.2 Å². The molecule has 5 unspecified atom stereocenters. The molecule has 0 bridgehead atoms. The van der Waals surface area contributed by atoms with Crippen molar-refractivity contribution in [3.63, 3.8) is 0 Å². The van der Waals surface area contributed by atoms with Gasteiger partial charge in [-0.1, -0.05) is 38.2 Å². The Morgan fingerprint density at radius 3 is 2.52 bits per heavy atom. The highest BCUT2D eigenvalue weighted by atomic mass is 19.4. The summed E-state index contributed by atoms with van der Waals surface area (Å²) in [6.45, 7) is 11.0. The lowest BCUT2D eigenvalue weighted by atomic mass is 9.61. The monoisotopic (exact) mass is 465 g/mol. The predicted octanol–water partition coefficient (Wildman–Crippen LogP) is 7.07. The van der Waals surface area contributed by atoms with Crippen LogP contribution in [-0.4, -0.2) is 41.9 Å². The van der Waals surface area contributed by atoms with E-state index in [1.165, 1.54) is 31.3 Å². The minimum absolute atomic E-state index is 0.252. The molecule has 33 heavy (non-hydrogen) atoms. The SMILES string of the molecule is C=C1/C(=C\C=C2/CCCC3(C)C2CCC3C(C)CN2CCC(C(F)(F)F)CC2)CCCC1O. The van der Waals surface area contributed by atoms with Crippen molar-refractivity contribution < 1.29 is 18.3 Å². The zero-order valence-corrected chi connectivity index (χ0v) is 20.5. The summed E-state index contributed by atoms with van der Waals surface area (Å²) in [4.78, 5) is 2.29. The molecule has 0 spiro atoms. The minimum atomic E-state index is -4.04. The molecule has 5 atom stereocenters. The Morgan fingerprint density at radius 2 is 1.82 bits per heavy atom. The summed E-state index contributed by atoms with van der Waals surface area (Å²) in [5.41, 5.74) is 3.95. The second-order valence-electron chi connectivity index (χ2n) is 11.6. The Bertz CT molecular complexity index is 777. The fraction of sp³-hybridized carbons (Fsp3) is 0.786. The number of aliphatic hydroxyl groups is 1. The lowest BCUT2D eigenvalue weighted by Crippen LogP contribution is -2.44. The molecule has 0 amide bonds. The van der Waals surface area contributed by atoms with Gasteiger partial charge in [-0.25, -0.2) is 0 Å². The molecule has 1 saturated heterocycles. The van der Waals surface area contributed by atoms with E-state index in [-0.39, 0.29) is 18.3 Å². The maximum atomic E-state index is 13.0. The zero-order chi connectivity index (χ0) is 23.8. The van der Waals surface area contributed by atoms with Gasteiger partial charge in [0, 0.05) is 6.54 Å². The summed E-state index contributed by atoms with van der Waals surface area (Å²) in [5, 5.41) is 10.1. The lowest BCUT2D eigenvalue weighted by Gasteiger charge is -2.45. The van der Waals surface area contributed by atoms with Crippen LogP contribution < -0.4 is 0 Å². The molecule has 4 fully saturated rings. The van der Waals surface area contributed by atoms with Crippen LogP contribution >= 0.6 is 0 Å². The van der Waals surface area contributed by atoms with Gasteiger partial charge >= 0.3 is 6.18 Å². The van der Waals surface area contributed by atoms with E-state index in [1.807, 2.05) is 0 Å². The van der Waals surface area contributed by atoms with Crippen molar-refractivity contribution in [2.24, 2.45) is 29.1 Å². The van der Waals surface area contributed by atoms with Crippen LogP contribution in [0.3, 0.4) is 0 Å². The molecule has 0 radical (unpaired) electrons. The van der Waals surface area contributed by atoms with Gasteiger partial charge < -0.3 is 10.0 Å². The average Bonchev–Trinajstić information content (AvgIpc) is 3.12. The van der Waals surface area contributed by atoms with Gasteiger partial charge in [-0.05, 0) is 112 Å².